The fourth-order valence-electron chi connectivity index (χ4n) is 2.92. The van der Waals surface area contributed by atoms with Crippen LogP contribution in [0.25, 0.3) is 0 Å². The van der Waals surface area contributed by atoms with E-state index in [1.807, 2.05) is 0 Å². The van der Waals surface area contributed by atoms with Crippen LogP contribution in [0.3, 0.4) is 0 Å². The molecule has 1 saturated heterocycles. The Kier molecular flexibility index (Phi) is 6.55. The first-order valence-electron chi connectivity index (χ1n) is 8.00. The Morgan fingerprint density at radius 3 is 2.46 bits per heavy atom. The van der Waals surface area contributed by atoms with Crippen molar-refractivity contribution in [2.45, 2.75) is 62.8 Å². The van der Waals surface area contributed by atoms with Crippen LogP contribution in [0.4, 0.5) is 0 Å². The third-order valence-corrected chi connectivity index (χ3v) is 4.21. The summed E-state index contributed by atoms with van der Waals surface area (Å²) in [6.07, 6.45) is -8.33. The zero-order chi connectivity index (χ0) is 19.6. The van der Waals surface area contributed by atoms with Crippen molar-refractivity contribution in [3.8, 4) is 0 Å². The van der Waals surface area contributed by atoms with Crippen LogP contribution < -0.4 is 5.32 Å². The van der Waals surface area contributed by atoms with Crippen molar-refractivity contribution in [3.05, 3.63) is 11.8 Å². The second kappa shape index (κ2) is 8.29. The number of carbonyl (C=O) groups is 2. The van der Waals surface area contributed by atoms with Crippen LogP contribution >= 0.6 is 0 Å². The summed E-state index contributed by atoms with van der Waals surface area (Å²) in [5.74, 6) is -2.54. The van der Waals surface area contributed by atoms with Gasteiger partial charge in [0.2, 0.25) is 18.0 Å². The summed E-state index contributed by atoms with van der Waals surface area (Å²) < 4.78 is 16.0. The van der Waals surface area contributed by atoms with E-state index in [1.165, 1.54) is 6.92 Å². The molecule has 3 unspecified atom stereocenters. The van der Waals surface area contributed by atoms with E-state index in [9.17, 15) is 30.0 Å². The van der Waals surface area contributed by atoms with E-state index >= 15 is 0 Å². The molecule has 0 aromatic heterocycles. The molecule has 8 atom stereocenters. The van der Waals surface area contributed by atoms with Crippen LogP contribution in [0, 0.1) is 0 Å². The Labute approximate surface area is 148 Å². The van der Waals surface area contributed by atoms with E-state index in [4.69, 9.17) is 19.3 Å². The molecule has 1 amide bonds. The molecule has 1 fully saturated rings. The standard InChI is InChI=1S/C15H23NO10/c1-5-10(16-6(2)18)13(12(21)9(4-17)24-5)26-15-11(20)7(19)3-8(25-15)14(22)23/h3,5,7,9-13,15,17,19-21H,4H2,1-2H3,(H,16,18)(H,22,23)/t5-,7-,9?,10?,11?,12+,13+,15-/m0/s1. The summed E-state index contributed by atoms with van der Waals surface area (Å²) >= 11 is 0. The lowest BCUT2D eigenvalue weighted by Crippen LogP contribution is -2.65. The number of hydrogen-bond acceptors (Lipinski definition) is 9. The molecule has 0 aromatic carbocycles. The number of carboxylic acid groups (broad SMARTS) is 1. The van der Waals surface area contributed by atoms with Gasteiger partial charge < -0.3 is 45.1 Å². The van der Waals surface area contributed by atoms with Gasteiger partial charge in [-0.05, 0) is 13.0 Å². The quantitative estimate of drug-likeness (QED) is 0.291. The zero-order valence-electron chi connectivity index (χ0n) is 14.2. The number of amides is 1. The van der Waals surface area contributed by atoms with E-state index in [0.29, 0.717) is 0 Å². The molecule has 0 bridgehead atoms. The number of carbonyl (C=O) groups excluding carboxylic acids is 1. The van der Waals surface area contributed by atoms with Crippen LogP contribution in [0.2, 0.25) is 0 Å². The van der Waals surface area contributed by atoms with E-state index < -0.39 is 73.2 Å². The van der Waals surface area contributed by atoms with Gasteiger partial charge in [0, 0.05) is 6.92 Å². The average molecular weight is 377 g/mol. The molecule has 2 heterocycles. The molecule has 2 aliphatic rings. The zero-order valence-corrected chi connectivity index (χ0v) is 14.2. The Morgan fingerprint density at radius 1 is 1.27 bits per heavy atom. The molecule has 0 radical (unpaired) electrons. The third-order valence-electron chi connectivity index (χ3n) is 4.21. The van der Waals surface area contributed by atoms with Gasteiger partial charge in [0.1, 0.15) is 30.5 Å². The Hall–Kier alpha value is -1.76. The maximum absolute atomic E-state index is 11.5. The lowest BCUT2D eigenvalue weighted by Gasteiger charge is -2.45. The van der Waals surface area contributed by atoms with Gasteiger partial charge in [-0.2, -0.15) is 0 Å². The highest BCUT2D eigenvalue weighted by atomic mass is 16.7. The molecule has 6 N–H and O–H groups in total. The normalized spacial score (nSPS) is 40.3. The predicted octanol–water partition coefficient (Wildman–Crippen LogP) is -2.94. The van der Waals surface area contributed by atoms with Crippen LogP contribution in [0.5, 0.6) is 0 Å². The maximum Gasteiger partial charge on any atom is 0.371 e. The molecule has 2 aliphatic heterocycles. The molecule has 0 saturated carbocycles. The number of aliphatic hydroxyl groups is 4. The van der Waals surface area contributed by atoms with Gasteiger partial charge in [-0.25, -0.2) is 4.79 Å². The summed E-state index contributed by atoms with van der Waals surface area (Å²) in [6, 6.07) is -0.877. The van der Waals surface area contributed by atoms with Gasteiger partial charge >= 0.3 is 5.97 Å². The summed E-state index contributed by atoms with van der Waals surface area (Å²) in [5.41, 5.74) is 0. The van der Waals surface area contributed by atoms with E-state index in [0.717, 1.165) is 6.08 Å². The molecule has 11 nitrogen and oxygen atoms in total. The van der Waals surface area contributed by atoms with Crippen LogP contribution in [0.1, 0.15) is 13.8 Å². The van der Waals surface area contributed by atoms with Gasteiger partial charge in [-0.15, -0.1) is 0 Å². The monoisotopic (exact) mass is 377 g/mol. The van der Waals surface area contributed by atoms with E-state index in [1.54, 1.807) is 6.92 Å². The lowest BCUT2D eigenvalue weighted by molar-refractivity contribution is -0.276. The molecule has 148 valence electrons. The SMILES string of the molecule is CC(=O)NC1[C@H](C)OC(CO)[C@@H](O)[C@@H]1O[C@@H]1OC(C(=O)O)=C[C@H](O)C1O. The fourth-order valence-corrected chi connectivity index (χ4v) is 2.92. The average Bonchev–Trinajstić information content (AvgIpc) is 2.56. The maximum atomic E-state index is 11.5. The number of aliphatic hydroxyl groups excluding tert-OH is 4. The summed E-state index contributed by atoms with van der Waals surface area (Å²) in [5, 5.41) is 51.1. The molecule has 11 heteroatoms. The first kappa shape index (κ1) is 20.6. The molecular weight excluding hydrogens is 354 g/mol. The van der Waals surface area contributed by atoms with E-state index in [-0.39, 0.29) is 0 Å². The van der Waals surface area contributed by atoms with Crippen LogP contribution in [-0.4, -0.2) is 93.0 Å². The largest absolute Gasteiger partial charge is 0.475 e. The van der Waals surface area contributed by atoms with Gasteiger partial charge in [-0.3, -0.25) is 4.79 Å². The summed E-state index contributed by atoms with van der Waals surface area (Å²) in [4.78, 5) is 22.5. The first-order valence-corrected chi connectivity index (χ1v) is 8.00. The van der Waals surface area contributed by atoms with E-state index in [2.05, 4.69) is 5.32 Å². The topological polar surface area (TPSA) is 175 Å². The molecule has 26 heavy (non-hydrogen) atoms. The van der Waals surface area contributed by atoms with Crippen molar-refractivity contribution in [2.24, 2.45) is 0 Å². The smallest absolute Gasteiger partial charge is 0.371 e. The highest BCUT2D eigenvalue weighted by Gasteiger charge is 2.48. The van der Waals surface area contributed by atoms with Crippen molar-refractivity contribution >= 4 is 11.9 Å². The minimum absolute atomic E-state index is 0.440. The number of rotatable bonds is 5. The highest BCUT2D eigenvalue weighted by molar-refractivity contribution is 5.84. The Morgan fingerprint density at radius 2 is 1.92 bits per heavy atom. The number of hydrogen-bond donors (Lipinski definition) is 6. The second-order valence-corrected chi connectivity index (χ2v) is 6.18. The predicted molar refractivity (Wildman–Crippen MR) is 82.5 cm³/mol. The van der Waals surface area contributed by atoms with Crippen molar-refractivity contribution < 1.29 is 49.3 Å². The van der Waals surface area contributed by atoms with Gasteiger partial charge in [0.15, 0.2) is 0 Å². The number of carboxylic acids is 1. The number of aliphatic carboxylic acids is 1. The first-order chi connectivity index (χ1) is 12.1. The molecule has 0 aromatic rings. The summed E-state index contributed by atoms with van der Waals surface area (Å²) in [6.45, 7) is 2.30. The number of ether oxygens (including phenoxy) is 3. The molecule has 0 spiro atoms. The Bertz CT molecular complexity index is 567. The second-order valence-electron chi connectivity index (χ2n) is 6.18. The minimum Gasteiger partial charge on any atom is -0.475 e. The van der Waals surface area contributed by atoms with Gasteiger partial charge in [0.25, 0.3) is 0 Å². The Balaban J connectivity index is 2.24. The summed E-state index contributed by atoms with van der Waals surface area (Å²) in [7, 11) is 0. The van der Waals surface area contributed by atoms with Crippen molar-refractivity contribution in [1.82, 2.24) is 5.32 Å². The third kappa shape index (κ3) is 4.31. The molecular formula is C15H23NO10. The minimum atomic E-state index is -1.63. The number of nitrogens with one attached hydrogen (secondary N) is 1. The van der Waals surface area contributed by atoms with Crippen LogP contribution in [0.15, 0.2) is 11.8 Å². The fraction of sp³-hybridized carbons (Fsp3) is 0.733. The molecule has 0 aliphatic carbocycles. The van der Waals surface area contributed by atoms with Gasteiger partial charge in [0.05, 0.1) is 18.8 Å². The van der Waals surface area contributed by atoms with Crippen molar-refractivity contribution in [3.63, 3.8) is 0 Å². The van der Waals surface area contributed by atoms with Crippen molar-refractivity contribution in [1.29, 1.82) is 0 Å². The van der Waals surface area contributed by atoms with Crippen LogP contribution in [-0.2, 0) is 23.8 Å². The molecule has 2 rings (SSSR count). The van der Waals surface area contributed by atoms with Crippen molar-refractivity contribution in [2.75, 3.05) is 6.61 Å². The van der Waals surface area contributed by atoms with Gasteiger partial charge in [-0.1, -0.05) is 0 Å². The highest BCUT2D eigenvalue weighted by Crippen LogP contribution is 2.28. The lowest BCUT2D eigenvalue weighted by atomic mass is 9.93.